The van der Waals surface area contributed by atoms with Crippen LogP contribution < -0.4 is 5.14 Å². The lowest BCUT2D eigenvalue weighted by atomic mass is 10.0. The first-order chi connectivity index (χ1) is 7.68. The lowest BCUT2D eigenvalue weighted by molar-refractivity contribution is -0.136. The molecule has 16 heavy (non-hydrogen) atoms. The lowest BCUT2D eigenvalue weighted by Crippen LogP contribution is -2.46. The van der Waals surface area contributed by atoms with Crippen molar-refractivity contribution in [2.24, 2.45) is 11.1 Å². The molecule has 1 saturated carbocycles. The summed E-state index contributed by atoms with van der Waals surface area (Å²) in [6, 6.07) is 0. The molecule has 92 valence electrons. The number of amides is 1. The largest absolute Gasteiger partial charge is 0.341 e. The summed E-state index contributed by atoms with van der Waals surface area (Å²) >= 11 is 0. The zero-order valence-corrected chi connectivity index (χ0v) is 10.4. The molecule has 1 aliphatic carbocycles. The van der Waals surface area contributed by atoms with Crippen LogP contribution >= 0.6 is 0 Å². The molecule has 5 heteroatoms. The van der Waals surface area contributed by atoms with Crippen LogP contribution in [0.25, 0.3) is 0 Å². The molecule has 2 N–H and O–H groups in total. The highest BCUT2D eigenvalue weighted by atomic mass is 32.2. The Kier molecular flexibility index (Phi) is 3.97. The number of carbonyl (C=O) groups is 1. The number of hydrogen-bond acceptors (Lipinski definition) is 2. The van der Waals surface area contributed by atoms with Gasteiger partial charge in [0.15, 0.2) is 0 Å². The van der Waals surface area contributed by atoms with E-state index in [0.29, 0.717) is 6.54 Å². The Morgan fingerprint density at radius 3 is 2.50 bits per heavy atom. The highest BCUT2D eigenvalue weighted by Gasteiger charge is 2.31. The minimum atomic E-state index is -1.28. The molecule has 1 amide bonds. The summed E-state index contributed by atoms with van der Waals surface area (Å²) in [5, 5.41) is 5.40. The standard InChI is InChI=1S/C11H20N2O2S/c12-16(15)10-6-3-7-13(8-10)11(14)9-4-1-2-5-9/h9-10H,1-8,12H2. The van der Waals surface area contributed by atoms with E-state index in [2.05, 4.69) is 0 Å². The van der Waals surface area contributed by atoms with Crippen molar-refractivity contribution in [2.75, 3.05) is 13.1 Å². The maximum absolute atomic E-state index is 12.2. The Hall–Kier alpha value is -0.420. The Morgan fingerprint density at radius 1 is 1.19 bits per heavy atom. The topological polar surface area (TPSA) is 63.4 Å². The van der Waals surface area contributed by atoms with E-state index in [1.807, 2.05) is 4.90 Å². The van der Waals surface area contributed by atoms with Crippen LogP contribution in [-0.2, 0) is 15.8 Å². The van der Waals surface area contributed by atoms with Gasteiger partial charge in [0.25, 0.3) is 0 Å². The maximum Gasteiger partial charge on any atom is 0.225 e. The number of likely N-dealkylation sites (tertiary alicyclic amines) is 1. The van der Waals surface area contributed by atoms with E-state index >= 15 is 0 Å². The second kappa shape index (κ2) is 5.27. The predicted molar refractivity (Wildman–Crippen MR) is 63.9 cm³/mol. The third-order valence-corrected chi connectivity index (χ3v) is 4.76. The van der Waals surface area contributed by atoms with Crippen LogP contribution in [0, 0.1) is 5.92 Å². The normalized spacial score (nSPS) is 29.3. The first-order valence-corrected chi connectivity index (χ1v) is 7.40. The van der Waals surface area contributed by atoms with Crippen molar-refractivity contribution in [3.05, 3.63) is 0 Å². The van der Waals surface area contributed by atoms with Crippen LogP contribution in [0.4, 0.5) is 0 Å². The second-order valence-corrected chi connectivity index (χ2v) is 6.18. The van der Waals surface area contributed by atoms with Crippen LogP contribution in [-0.4, -0.2) is 33.4 Å². The van der Waals surface area contributed by atoms with Crippen LogP contribution in [0.3, 0.4) is 0 Å². The van der Waals surface area contributed by atoms with Gasteiger partial charge in [0.1, 0.15) is 0 Å². The summed E-state index contributed by atoms with van der Waals surface area (Å²) in [7, 11) is -1.28. The van der Waals surface area contributed by atoms with Crippen molar-refractivity contribution in [3.63, 3.8) is 0 Å². The van der Waals surface area contributed by atoms with Gasteiger partial charge in [-0.2, -0.15) is 0 Å². The van der Waals surface area contributed by atoms with E-state index in [4.69, 9.17) is 5.14 Å². The molecule has 4 nitrogen and oxygen atoms in total. The average Bonchev–Trinajstić information content (AvgIpc) is 2.81. The van der Waals surface area contributed by atoms with Crippen LogP contribution in [0.1, 0.15) is 38.5 Å². The average molecular weight is 244 g/mol. The van der Waals surface area contributed by atoms with E-state index in [9.17, 15) is 9.00 Å². The monoisotopic (exact) mass is 244 g/mol. The molecule has 0 radical (unpaired) electrons. The molecule has 1 saturated heterocycles. The van der Waals surface area contributed by atoms with Gasteiger partial charge in [-0.25, -0.2) is 4.21 Å². The van der Waals surface area contributed by atoms with Gasteiger partial charge in [0.2, 0.25) is 5.91 Å². The number of nitrogens with zero attached hydrogens (tertiary/aromatic N) is 1. The molecule has 0 bridgehead atoms. The molecule has 2 unspecified atom stereocenters. The van der Waals surface area contributed by atoms with Gasteiger partial charge < -0.3 is 4.90 Å². The van der Waals surface area contributed by atoms with Gasteiger partial charge in [-0.05, 0) is 25.7 Å². The van der Waals surface area contributed by atoms with Gasteiger partial charge in [0.05, 0.1) is 16.2 Å². The van der Waals surface area contributed by atoms with E-state index in [0.717, 1.165) is 32.2 Å². The number of carbonyl (C=O) groups excluding carboxylic acids is 1. The summed E-state index contributed by atoms with van der Waals surface area (Å²) in [6.45, 7) is 1.42. The molecule has 1 aliphatic heterocycles. The second-order valence-electron chi connectivity index (χ2n) is 4.86. The van der Waals surface area contributed by atoms with Gasteiger partial charge >= 0.3 is 0 Å². The molecule has 0 aromatic heterocycles. The first kappa shape index (κ1) is 12.0. The first-order valence-electron chi connectivity index (χ1n) is 6.12. The van der Waals surface area contributed by atoms with Crippen molar-refractivity contribution in [1.29, 1.82) is 0 Å². The lowest BCUT2D eigenvalue weighted by Gasteiger charge is -2.33. The molecule has 0 spiro atoms. The Labute approximate surface area is 99.1 Å². The molecule has 2 aliphatic rings. The van der Waals surface area contributed by atoms with Gasteiger partial charge in [0, 0.05) is 19.0 Å². The smallest absolute Gasteiger partial charge is 0.225 e. The molecule has 2 rings (SSSR count). The Bertz CT molecular complexity index is 290. The predicted octanol–water partition coefficient (Wildman–Crippen LogP) is 0.790. The minimum Gasteiger partial charge on any atom is -0.341 e. The maximum atomic E-state index is 12.2. The molecule has 2 fully saturated rings. The molecule has 0 aromatic rings. The third kappa shape index (κ3) is 2.63. The molecule has 0 aromatic carbocycles. The number of hydrogen-bond donors (Lipinski definition) is 1. The van der Waals surface area contributed by atoms with Crippen molar-refractivity contribution in [1.82, 2.24) is 4.90 Å². The van der Waals surface area contributed by atoms with E-state index < -0.39 is 11.0 Å². The summed E-state index contributed by atoms with van der Waals surface area (Å²) < 4.78 is 11.2. The minimum absolute atomic E-state index is 0.0147. The van der Waals surface area contributed by atoms with Gasteiger partial charge in [-0.15, -0.1) is 0 Å². The fourth-order valence-corrected chi connectivity index (χ4v) is 3.48. The van der Waals surface area contributed by atoms with Crippen molar-refractivity contribution >= 4 is 16.9 Å². The fraction of sp³-hybridized carbons (Fsp3) is 0.909. The zero-order chi connectivity index (χ0) is 11.5. The van der Waals surface area contributed by atoms with E-state index in [1.165, 1.54) is 12.8 Å². The Morgan fingerprint density at radius 2 is 1.88 bits per heavy atom. The Balaban J connectivity index is 1.93. The molecule has 1 heterocycles. The van der Waals surface area contributed by atoms with Gasteiger partial charge in [-0.1, -0.05) is 12.8 Å². The summed E-state index contributed by atoms with van der Waals surface area (Å²) in [5.41, 5.74) is 0. The SMILES string of the molecule is NS(=O)C1CCCN(C(=O)C2CCCC2)C1. The summed E-state index contributed by atoms with van der Waals surface area (Å²) in [6.07, 6.45) is 6.24. The molecular formula is C11H20N2O2S. The molecule has 2 atom stereocenters. The number of rotatable bonds is 2. The highest BCUT2D eigenvalue weighted by molar-refractivity contribution is 7.83. The van der Waals surface area contributed by atoms with Crippen molar-refractivity contribution < 1.29 is 9.00 Å². The molecular weight excluding hydrogens is 224 g/mol. The number of piperidine rings is 1. The van der Waals surface area contributed by atoms with Crippen molar-refractivity contribution in [2.45, 2.75) is 43.8 Å². The van der Waals surface area contributed by atoms with Crippen LogP contribution in [0.2, 0.25) is 0 Å². The van der Waals surface area contributed by atoms with Gasteiger partial charge in [-0.3, -0.25) is 9.93 Å². The fourth-order valence-electron chi connectivity index (χ4n) is 2.76. The zero-order valence-electron chi connectivity index (χ0n) is 9.56. The highest BCUT2D eigenvalue weighted by Crippen LogP contribution is 2.27. The van der Waals surface area contributed by atoms with Crippen molar-refractivity contribution in [3.8, 4) is 0 Å². The number of nitrogens with two attached hydrogens (primary N) is 1. The van der Waals surface area contributed by atoms with Crippen LogP contribution in [0.15, 0.2) is 0 Å². The van der Waals surface area contributed by atoms with Crippen LogP contribution in [0.5, 0.6) is 0 Å². The summed E-state index contributed by atoms with van der Waals surface area (Å²) in [5.74, 6) is 0.498. The third-order valence-electron chi connectivity index (χ3n) is 3.72. The van der Waals surface area contributed by atoms with E-state index in [-0.39, 0.29) is 17.1 Å². The summed E-state index contributed by atoms with van der Waals surface area (Å²) in [4.78, 5) is 14.0. The quantitative estimate of drug-likeness (QED) is 0.780. The van der Waals surface area contributed by atoms with E-state index in [1.54, 1.807) is 0 Å².